The standard InChI is InChI=1S/C16H23F2N3O3S/c17-16(18)5-6-20(12-16)11-13-1-3-14(4-2-13)19-15(22)21-7-9-25(23,24)10-8-21/h1-4,15,19,22H,5-12H2. The Morgan fingerprint density at radius 2 is 1.80 bits per heavy atom. The smallest absolute Gasteiger partial charge is 0.261 e. The number of hydrogen-bond acceptors (Lipinski definition) is 6. The van der Waals surface area contributed by atoms with E-state index in [1.165, 1.54) is 0 Å². The van der Waals surface area contributed by atoms with E-state index in [0.717, 1.165) is 5.56 Å². The summed E-state index contributed by atoms with van der Waals surface area (Å²) in [5, 5.41) is 13.1. The van der Waals surface area contributed by atoms with E-state index in [2.05, 4.69) is 5.32 Å². The van der Waals surface area contributed by atoms with Crippen molar-refractivity contribution in [3.05, 3.63) is 29.8 Å². The molecule has 0 saturated carbocycles. The fourth-order valence-corrected chi connectivity index (χ4v) is 4.35. The van der Waals surface area contributed by atoms with Crippen molar-refractivity contribution in [3.8, 4) is 0 Å². The van der Waals surface area contributed by atoms with Crippen molar-refractivity contribution in [2.45, 2.75) is 25.2 Å². The van der Waals surface area contributed by atoms with Gasteiger partial charge in [0.2, 0.25) is 0 Å². The van der Waals surface area contributed by atoms with Crippen LogP contribution < -0.4 is 5.32 Å². The molecule has 0 aliphatic carbocycles. The Balaban J connectivity index is 1.51. The Hall–Kier alpha value is -1.29. The number of hydrogen-bond donors (Lipinski definition) is 2. The van der Waals surface area contributed by atoms with E-state index in [1.54, 1.807) is 21.9 Å². The quantitative estimate of drug-likeness (QED) is 0.747. The van der Waals surface area contributed by atoms with Crippen LogP contribution >= 0.6 is 0 Å². The van der Waals surface area contributed by atoms with Crippen LogP contribution in [0.4, 0.5) is 14.5 Å². The van der Waals surface area contributed by atoms with Gasteiger partial charge >= 0.3 is 0 Å². The van der Waals surface area contributed by atoms with Crippen molar-refractivity contribution in [1.82, 2.24) is 9.80 Å². The second kappa shape index (κ2) is 7.14. The van der Waals surface area contributed by atoms with Crippen LogP contribution in [-0.4, -0.2) is 73.3 Å². The topological polar surface area (TPSA) is 72.9 Å². The zero-order valence-electron chi connectivity index (χ0n) is 13.9. The maximum absolute atomic E-state index is 13.2. The maximum Gasteiger partial charge on any atom is 0.261 e. The number of benzene rings is 1. The van der Waals surface area contributed by atoms with E-state index in [-0.39, 0.29) is 37.6 Å². The number of nitrogens with one attached hydrogen (secondary N) is 1. The van der Waals surface area contributed by atoms with Crippen LogP contribution in [0.5, 0.6) is 0 Å². The third kappa shape index (κ3) is 5.10. The number of anilines is 1. The molecule has 0 bridgehead atoms. The van der Waals surface area contributed by atoms with Crippen molar-refractivity contribution in [3.63, 3.8) is 0 Å². The lowest BCUT2D eigenvalue weighted by Gasteiger charge is -2.31. The summed E-state index contributed by atoms with van der Waals surface area (Å²) in [6.07, 6.45) is -1.05. The van der Waals surface area contributed by atoms with Crippen molar-refractivity contribution in [2.24, 2.45) is 0 Å². The molecule has 140 valence electrons. The van der Waals surface area contributed by atoms with E-state index in [1.807, 2.05) is 12.1 Å². The molecular formula is C16H23F2N3O3S. The molecule has 2 heterocycles. The van der Waals surface area contributed by atoms with Crippen molar-refractivity contribution < 1.29 is 22.3 Å². The van der Waals surface area contributed by atoms with Gasteiger partial charge in [-0.1, -0.05) is 12.1 Å². The highest BCUT2D eigenvalue weighted by molar-refractivity contribution is 7.91. The Bertz CT molecular complexity index is 683. The molecule has 1 aromatic rings. The van der Waals surface area contributed by atoms with Crippen LogP contribution in [-0.2, 0) is 16.4 Å². The number of likely N-dealkylation sites (tertiary alicyclic amines) is 1. The monoisotopic (exact) mass is 375 g/mol. The third-order valence-corrected chi connectivity index (χ3v) is 6.24. The average molecular weight is 375 g/mol. The number of rotatable bonds is 5. The maximum atomic E-state index is 13.2. The summed E-state index contributed by atoms with van der Waals surface area (Å²) in [6, 6.07) is 7.25. The predicted molar refractivity (Wildman–Crippen MR) is 91.1 cm³/mol. The summed E-state index contributed by atoms with van der Waals surface area (Å²) in [5.74, 6) is -2.50. The molecule has 0 amide bonds. The Labute approximate surface area is 146 Å². The number of alkyl halides is 2. The first-order valence-corrected chi connectivity index (χ1v) is 10.1. The van der Waals surface area contributed by atoms with Gasteiger partial charge in [-0.25, -0.2) is 17.2 Å². The lowest BCUT2D eigenvalue weighted by molar-refractivity contribution is 0.0115. The molecule has 1 atom stereocenters. The molecular weight excluding hydrogens is 352 g/mol. The molecule has 0 radical (unpaired) electrons. The molecule has 1 unspecified atom stereocenters. The first-order valence-electron chi connectivity index (χ1n) is 8.31. The first kappa shape index (κ1) is 18.5. The minimum Gasteiger partial charge on any atom is -0.361 e. The second-order valence-corrected chi connectivity index (χ2v) is 9.02. The summed E-state index contributed by atoms with van der Waals surface area (Å²) < 4.78 is 49.3. The van der Waals surface area contributed by atoms with E-state index in [4.69, 9.17) is 0 Å². The van der Waals surface area contributed by atoms with Crippen LogP contribution in [0.2, 0.25) is 0 Å². The van der Waals surface area contributed by atoms with Crippen LogP contribution in [0.1, 0.15) is 12.0 Å². The second-order valence-electron chi connectivity index (χ2n) is 6.72. The molecule has 2 aliphatic heterocycles. The van der Waals surface area contributed by atoms with E-state index >= 15 is 0 Å². The van der Waals surface area contributed by atoms with Gasteiger partial charge in [-0.3, -0.25) is 9.80 Å². The Kier molecular flexibility index (Phi) is 5.29. The van der Waals surface area contributed by atoms with Gasteiger partial charge in [0.05, 0.1) is 18.1 Å². The SMILES string of the molecule is O=S1(=O)CCN(C(O)Nc2ccc(CN3CCC(F)(F)C3)cc2)CC1. The average Bonchev–Trinajstić information content (AvgIpc) is 2.88. The fourth-order valence-electron chi connectivity index (χ4n) is 3.12. The summed E-state index contributed by atoms with van der Waals surface area (Å²) in [5.41, 5.74) is 1.62. The number of aliphatic hydroxyl groups excluding tert-OH is 1. The van der Waals surface area contributed by atoms with Gasteiger partial charge < -0.3 is 10.4 Å². The fraction of sp³-hybridized carbons (Fsp3) is 0.625. The normalized spacial score (nSPS) is 24.9. The third-order valence-electron chi connectivity index (χ3n) is 4.63. The molecule has 2 fully saturated rings. The lowest BCUT2D eigenvalue weighted by atomic mass is 10.2. The van der Waals surface area contributed by atoms with Crippen LogP contribution in [0.25, 0.3) is 0 Å². The van der Waals surface area contributed by atoms with Gasteiger partial charge in [0.1, 0.15) is 0 Å². The highest BCUT2D eigenvalue weighted by atomic mass is 32.2. The van der Waals surface area contributed by atoms with Gasteiger partial charge in [-0.05, 0) is 17.7 Å². The number of aliphatic hydroxyl groups is 1. The highest BCUT2D eigenvalue weighted by Crippen LogP contribution is 2.28. The Morgan fingerprint density at radius 1 is 1.16 bits per heavy atom. The molecule has 2 saturated heterocycles. The lowest BCUT2D eigenvalue weighted by Crippen LogP contribution is -2.49. The first-order chi connectivity index (χ1) is 11.7. The number of sulfone groups is 1. The number of nitrogens with zero attached hydrogens (tertiary/aromatic N) is 2. The minimum atomic E-state index is -2.99. The molecule has 2 N–H and O–H groups in total. The van der Waals surface area contributed by atoms with E-state index < -0.39 is 22.1 Å². The van der Waals surface area contributed by atoms with Gasteiger partial charge in [0, 0.05) is 38.3 Å². The largest absolute Gasteiger partial charge is 0.361 e. The van der Waals surface area contributed by atoms with Crippen LogP contribution in [0.15, 0.2) is 24.3 Å². The minimum absolute atomic E-state index is 0.0468. The van der Waals surface area contributed by atoms with Crippen LogP contribution in [0.3, 0.4) is 0 Å². The Morgan fingerprint density at radius 3 is 2.36 bits per heavy atom. The van der Waals surface area contributed by atoms with Crippen molar-refractivity contribution in [2.75, 3.05) is 43.0 Å². The molecule has 3 rings (SSSR count). The summed E-state index contributed by atoms with van der Waals surface area (Å²) in [7, 11) is -2.99. The number of halogens is 2. The molecule has 0 spiro atoms. The summed E-state index contributed by atoms with van der Waals surface area (Å²) in [6.45, 7) is 1.24. The molecule has 1 aromatic carbocycles. The molecule has 0 aromatic heterocycles. The molecule has 6 nitrogen and oxygen atoms in total. The van der Waals surface area contributed by atoms with Crippen LogP contribution in [0, 0.1) is 0 Å². The van der Waals surface area contributed by atoms with Gasteiger partial charge in [-0.2, -0.15) is 0 Å². The highest BCUT2D eigenvalue weighted by Gasteiger charge is 2.37. The zero-order valence-corrected chi connectivity index (χ0v) is 14.7. The molecule has 2 aliphatic rings. The van der Waals surface area contributed by atoms with E-state index in [0.29, 0.717) is 18.8 Å². The summed E-state index contributed by atoms with van der Waals surface area (Å²) in [4.78, 5) is 3.40. The van der Waals surface area contributed by atoms with Crippen molar-refractivity contribution >= 4 is 15.5 Å². The molecule has 25 heavy (non-hydrogen) atoms. The summed E-state index contributed by atoms with van der Waals surface area (Å²) >= 11 is 0. The van der Waals surface area contributed by atoms with E-state index in [9.17, 15) is 22.3 Å². The van der Waals surface area contributed by atoms with Gasteiger partial charge in [-0.15, -0.1) is 0 Å². The predicted octanol–water partition coefficient (Wildman–Crippen LogP) is 0.946. The zero-order chi connectivity index (χ0) is 18.1. The van der Waals surface area contributed by atoms with Crippen molar-refractivity contribution in [1.29, 1.82) is 0 Å². The molecule has 9 heteroatoms. The van der Waals surface area contributed by atoms with Gasteiger partial charge in [0.15, 0.2) is 16.2 Å². The van der Waals surface area contributed by atoms with Gasteiger partial charge in [0.25, 0.3) is 5.92 Å².